The van der Waals surface area contributed by atoms with Gasteiger partial charge >= 0.3 is 0 Å². The van der Waals surface area contributed by atoms with E-state index in [1.165, 1.54) is 25.7 Å². The van der Waals surface area contributed by atoms with Crippen LogP contribution in [-0.4, -0.2) is 0 Å². The van der Waals surface area contributed by atoms with E-state index >= 15 is 0 Å². The van der Waals surface area contributed by atoms with E-state index in [4.69, 9.17) is 4.42 Å². The fraction of sp³-hybridized carbons (Fsp3) is 0.462. The Balaban J connectivity index is 2.14. The lowest BCUT2D eigenvalue weighted by Gasteiger charge is -1.91. The summed E-state index contributed by atoms with van der Waals surface area (Å²) >= 11 is 0. The quantitative estimate of drug-likeness (QED) is 0.478. The average Bonchev–Trinajstić information content (AvgIpc) is 2.69. The number of hydrogen-bond acceptors (Lipinski definition) is 1. The number of rotatable bonds is 6. The molecule has 0 radical (unpaired) electrons. The molecular formula is C13H18O. The van der Waals surface area contributed by atoms with E-state index < -0.39 is 0 Å². The largest absolute Gasteiger partial charge is 0.464 e. The number of furan rings is 1. The molecule has 1 heterocycles. The van der Waals surface area contributed by atoms with Crippen molar-refractivity contribution in [1.29, 1.82) is 0 Å². The highest BCUT2D eigenvalue weighted by Gasteiger charge is 1.85. The van der Waals surface area contributed by atoms with E-state index in [2.05, 4.69) is 18.7 Å². The molecule has 0 atom stereocenters. The molecule has 1 nitrogen and oxygen atoms in total. The van der Waals surface area contributed by atoms with E-state index in [1.807, 2.05) is 18.2 Å². The van der Waals surface area contributed by atoms with Crippen LogP contribution in [0.4, 0.5) is 0 Å². The van der Waals surface area contributed by atoms with Gasteiger partial charge in [0.05, 0.1) is 6.26 Å². The smallest absolute Gasteiger partial charge is 0.134 e. The first kappa shape index (κ1) is 10.9. The first-order valence-electron chi connectivity index (χ1n) is 5.38. The van der Waals surface area contributed by atoms with E-state index in [0.717, 1.165) is 12.2 Å². The van der Waals surface area contributed by atoms with Gasteiger partial charge in [-0.05, 0) is 31.1 Å². The van der Waals surface area contributed by atoms with Gasteiger partial charge in [0.25, 0.3) is 0 Å². The third-order valence-electron chi connectivity index (χ3n) is 2.09. The second kappa shape index (κ2) is 7.23. The molecule has 0 aliphatic heterocycles. The summed E-state index contributed by atoms with van der Waals surface area (Å²) in [5.74, 6) is 0.870. The third kappa shape index (κ3) is 4.74. The van der Waals surface area contributed by atoms with Gasteiger partial charge in [-0.3, -0.25) is 0 Å². The van der Waals surface area contributed by atoms with Crippen LogP contribution < -0.4 is 0 Å². The lowest BCUT2D eigenvalue weighted by atomic mass is 10.1. The molecule has 0 saturated heterocycles. The molecule has 0 aliphatic carbocycles. The zero-order valence-corrected chi connectivity index (χ0v) is 8.83. The first-order valence-corrected chi connectivity index (χ1v) is 5.38. The summed E-state index contributed by atoms with van der Waals surface area (Å²) in [5, 5.41) is 0. The first-order chi connectivity index (χ1) is 6.93. The van der Waals surface area contributed by atoms with Crippen LogP contribution in [0.2, 0.25) is 0 Å². The summed E-state index contributed by atoms with van der Waals surface area (Å²) in [4.78, 5) is 0. The van der Waals surface area contributed by atoms with Gasteiger partial charge in [-0.25, -0.2) is 0 Å². The van der Waals surface area contributed by atoms with Crippen LogP contribution in [0.25, 0.3) is 6.08 Å². The summed E-state index contributed by atoms with van der Waals surface area (Å²) in [6, 6.07) is 3.81. The zero-order chi connectivity index (χ0) is 10.1. The minimum Gasteiger partial charge on any atom is -0.464 e. The van der Waals surface area contributed by atoms with Gasteiger partial charge in [0, 0.05) is 6.08 Å². The molecule has 0 aromatic carbocycles. The Hall–Kier alpha value is -1.20. The fourth-order valence-corrected chi connectivity index (χ4v) is 1.27. The minimum atomic E-state index is 0.870. The Morgan fingerprint density at radius 3 is 3.00 bits per heavy atom. The van der Waals surface area contributed by atoms with E-state index in [-0.39, 0.29) is 0 Å². The second-order valence-corrected chi connectivity index (χ2v) is 3.38. The van der Waals surface area contributed by atoms with Gasteiger partial charge in [0.2, 0.25) is 0 Å². The van der Waals surface area contributed by atoms with Crippen molar-refractivity contribution < 1.29 is 4.42 Å². The van der Waals surface area contributed by atoms with Crippen molar-refractivity contribution in [2.45, 2.75) is 39.0 Å². The molecule has 1 aromatic heterocycles. The van der Waals surface area contributed by atoms with E-state index in [0.29, 0.717) is 0 Å². The summed E-state index contributed by atoms with van der Waals surface area (Å²) in [7, 11) is 0. The predicted octanol–water partition coefficient (Wildman–Crippen LogP) is 4.42. The van der Waals surface area contributed by atoms with Gasteiger partial charge in [-0.1, -0.05) is 26.2 Å². The molecule has 1 rings (SSSR count). The van der Waals surface area contributed by atoms with Crippen molar-refractivity contribution in [3.63, 3.8) is 0 Å². The van der Waals surface area contributed by atoms with Crippen LogP contribution >= 0.6 is 0 Å². The number of hydrogen-bond donors (Lipinski definition) is 0. The summed E-state index contributed by atoms with van der Waals surface area (Å²) in [6.45, 7) is 2.23. The second-order valence-electron chi connectivity index (χ2n) is 3.38. The Bertz CT molecular complexity index is 276. The number of allylic oxidation sites excluding steroid dienone is 1. The van der Waals surface area contributed by atoms with Crippen LogP contribution in [0.1, 0.15) is 44.8 Å². The highest BCUT2D eigenvalue weighted by molar-refractivity contribution is 5.41. The molecule has 14 heavy (non-hydrogen) atoms. The Labute approximate surface area is 86.1 Å². The maximum Gasteiger partial charge on any atom is 0.134 e. The van der Waals surface area contributed by atoms with Crippen LogP contribution in [-0.2, 0) is 0 Å². The summed E-state index contributed by atoms with van der Waals surface area (Å²) in [5.41, 5.74) is 3.12. The van der Waals surface area contributed by atoms with Crippen molar-refractivity contribution in [2.75, 3.05) is 0 Å². The molecule has 0 amide bonds. The molecule has 76 valence electrons. The topological polar surface area (TPSA) is 13.1 Å². The lowest BCUT2D eigenvalue weighted by molar-refractivity contribution is 0.557. The van der Waals surface area contributed by atoms with Gasteiger partial charge in [-0.2, -0.15) is 0 Å². The van der Waals surface area contributed by atoms with Crippen LogP contribution in [0.15, 0.2) is 34.6 Å². The van der Waals surface area contributed by atoms with Gasteiger partial charge in [-0.15, -0.1) is 5.73 Å². The summed E-state index contributed by atoms with van der Waals surface area (Å²) < 4.78 is 5.14. The van der Waals surface area contributed by atoms with E-state index in [9.17, 15) is 0 Å². The molecule has 1 heteroatoms. The van der Waals surface area contributed by atoms with Crippen LogP contribution in [0.3, 0.4) is 0 Å². The molecule has 0 unspecified atom stereocenters. The SMILES string of the molecule is CCCCCCC=C=Cc1ccco1. The maximum atomic E-state index is 5.14. The molecule has 0 aliphatic rings. The Morgan fingerprint density at radius 2 is 2.29 bits per heavy atom. The van der Waals surface area contributed by atoms with Crippen LogP contribution in [0.5, 0.6) is 0 Å². The van der Waals surface area contributed by atoms with Gasteiger partial charge < -0.3 is 4.42 Å². The summed E-state index contributed by atoms with van der Waals surface area (Å²) in [6.07, 6.45) is 12.0. The van der Waals surface area contributed by atoms with Crippen molar-refractivity contribution in [3.05, 3.63) is 36.0 Å². The Morgan fingerprint density at radius 1 is 1.36 bits per heavy atom. The highest BCUT2D eigenvalue weighted by Crippen LogP contribution is 2.04. The maximum absolute atomic E-state index is 5.14. The highest BCUT2D eigenvalue weighted by atomic mass is 16.3. The van der Waals surface area contributed by atoms with Gasteiger partial charge in [0.1, 0.15) is 5.76 Å². The van der Waals surface area contributed by atoms with Crippen molar-refractivity contribution >= 4 is 6.08 Å². The van der Waals surface area contributed by atoms with Gasteiger partial charge in [0.15, 0.2) is 0 Å². The molecule has 0 saturated carbocycles. The normalized spacial score (nSPS) is 9.50. The predicted molar refractivity (Wildman–Crippen MR) is 60.0 cm³/mol. The molecule has 0 fully saturated rings. The lowest BCUT2D eigenvalue weighted by Crippen LogP contribution is -1.72. The molecule has 1 aromatic rings. The zero-order valence-electron chi connectivity index (χ0n) is 8.83. The molecular weight excluding hydrogens is 172 g/mol. The number of unbranched alkanes of at least 4 members (excludes halogenated alkanes) is 4. The molecule has 0 bridgehead atoms. The molecule has 0 spiro atoms. The van der Waals surface area contributed by atoms with E-state index in [1.54, 1.807) is 6.26 Å². The van der Waals surface area contributed by atoms with Crippen LogP contribution in [0, 0.1) is 0 Å². The third-order valence-corrected chi connectivity index (χ3v) is 2.09. The standard InChI is InChI=1S/C13H18O/c1-2-3-4-5-6-7-8-10-13-11-9-12-14-13/h7,9-12H,2-6H2,1H3. The fourth-order valence-electron chi connectivity index (χ4n) is 1.27. The van der Waals surface area contributed by atoms with Crippen molar-refractivity contribution in [3.8, 4) is 0 Å². The minimum absolute atomic E-state index is 0.870. The van der Waals surface area contributed by atoms with Crippen molar-refractivity contribution in [2.24, 2.45) is 0 Å². The molecule has 0 N–H and O–H groups in total. The van der Waals surface area contributed by atoms with Crippen molar-refractivity contribution in [1.82, 2.24) is 0 Å². The monoisotopic (exact) mass is 190 g/mol. The average molecular weight is 190 g/mol. The Kier molecular flexibility index (Phi) is 5.62.